The molecule has 140 valence electrons. The van der Waals surface area contributed by atoms with Crippen LogP contribution < -0.4 is 11.0 Å². The number of amides is 1. The van der Waals surface area contributed by atoms with Crippen LogP contribution in [0.15, 0.2) is 47.5 Å². The smallest absolute Gasteiger partial charge is 0.326 e. The Morgan fingerprint density at radius 1 is 1.15 bits per heavy atom. The summed E-state index contributed by atoms with van der Waals surface area (Å²) in [6.07, 6.45) is 4.94. The number of piperidine rings is 1. The maximum Gasteiger partial charge on any atom is 0.326 e. The molecule has 1 saturated heterocycles. The molecule has 0 bridgehead atoms. The zero-order valence-electron chi connectivity index (χ0n) is 15.0. The molecule has 0 aliphatic carbocycles. The molecule has 3 aromatic rings. The second-order valence-corrected chi connectivity index (χ2v) is 6.72. The van der Waals surface area contributed by atoms with Crippen LogP contribution in [0.4, 0.5) is 0 Å². The number of imidazole rings is 1. The van der Waals surface area contributed by atoms with E-state index in [-0.39, 0.29) is 23.5 Å². The Bertz CT molecular complexity index is 973. The van der Waals surface area contributed by atoms with Crippen LogP contribution in [-0.4, -0.2) is 56.5 Å². The third-order valence-electron chi connectivity index (χ3n) is 5.03. The maximum absolute atomic E-state index is 12.3. The van der Waals surface area contributed by atoms with E-state index in [1.54, 1.807) is 18.5 Å². The number of nitrogens with zero attached hydrogens (tertiary/aromatic N) is 4. The van der Waals surface area contributed by atoms with Gasteiger partial charge < -0.3 is 15.2 Å². The number of para-hydroxylation sites is 2. The van der Waals surface area contributed by atoms with Gasteiger partial charge in [0.2, 0.25) is 5.82 Å². The third-order valence-corrected chi connectivity index (χ3v) is 5.03. The van der Waals surface area contributed by atoms with Gasteiger partial charge >= 0.3 is 5.69 Å². The summed E-state index contributed by atoms with van der Waals surface area (Å²) >= 11 is 0. The third kappa shape index (κ3) is 3.75. The summed E-state index contributed by atoms with van der Waals surface area (Å²) < 4.78 is 1.89. The molecular weight excluding hydrogens is 344 g/mol. The molecule has 1 aliphatic heterocycles. The number of carbonyl (C=O) groups excluding carboxylic acids is 1. The first kappa shape index (κ1) is 17.4. The van der Waals surface area contributed by atoms with Crippen LogP contribution in [-0.2, 0) is 0 Å². The molecule has 27 heavy (non-hydrogen) atoms. The van der Waals surface area contributed by atoms with Crippen LogP contribution >= 0.6 is 0 Å². The largest absolute Gasteiger partial charge is 0.348 e. The average Bonchev–Trinajstić information content (AvgIpc) is 3.05. The number of aromatic amines is 1. The molecule has 2 N–H and O–H groups in total. The Morgan fingerprint density at radius 2 is 1.89 bits per heavy atom. The van der Waals surface area contributed by atoms with Crippen molar-refractivity contribution in [3.05, 3.63) is 59.0 Å². The van der Waals surface area contributed by atoms with E-state index in [4.69, 9.17) is 0 Å². The summed E-state index contributed by atoms with van der Waals surface area (Å²) in [6.45, 7) is 3.12. The van der Waals surface area contributed by atoms with Crippen molar-refractivity contribution in [2.45, 2.75) is 18.9 Å². The molecule has 0 atom stereocenters. The first-order chi connectivity index (χ1) is 13.2. The quantitative estimate of drug-likeness (QED) is 0.707. The minimum Gasteiger partial charge on any atom is -0.348 e. The number of hydrogen-bond acceptors (Lipinski definition) is 5. The van der Waals surface area contributed by atoms with Crippen LogP contribution in [0.3, 0.4) is 0 Å². The topological polar surface area (TPSA) is 95.9 Å². The van der Waals surface area contributed by atoms with Gasteiger partial charge in [-0.25, -0.2) is 14.8 Å². The molecule has 1 aromatic carbocycles. The van der Waals surface area contributed by atoms with Crippen LogP contribution in [0.25, 0.3) is 11.0 Å². The van der Waals surface area contributed by atoms with Gasteiger partial charge in [-0.15, -0.1) is 0 Å². The van der Waals surface area contributed by atoms with Gasteiger partial charge in [0.1, 0.15) is 0 Å². The summed E-state index contributed by atoms with van der Waals surface area (Å²) in [5.74, 6) is -0.0641. The molecule has 1 amide bonds. The van der Waals surface area contributed by atoms with Gasteiger partial charge in [-0.1, -0.05) is 12.1 Å². The fraction of sp³-hybridized carbons (Fsp3) is 0.368. The van der Waals surface area contributed by atoms with Gasteiger partial charge in [0, 0.05) is 44.6 Å². The molecule has 1 aliphatic rings. The number of carbonyl (C=O) groups is 1. The van der Waals surface area contributed by atoms with E-state index < -0.39 is 0 Å². The molecule has 0 saturated carbocycles. The summed E-state index contributed by atoms with van der Waals surface area (Å²) in [6, 6.07) is 9.69. The highest BCUT2D eigenvalue weighted by Crippen LogP contribution is 2.24. The lowest BCUT2D eigenvalue weighted by Crippen LogP contribution is -2.41. The molecule has 8 heteroatoms. The van der Waals surface area contributed by atoms with Crippen LogP contribution in [0.2, 0.25) is 0 Å². The number of nitrogens with one attached hydrogen (secondary N) is 2. The standard InChI is InChI=1S/C19H22N6O2/c26-18(17-20-8-3-9-21-17)22-10-13-24-11-6-14(7-12-24)25-16-5-2-1-4-15(16)23-19(25)27/h1-5,8-9,14H,6-7,10-13H2,(H,22,26)(H,23,27). The van der Waals surface area contributed by atoms with E-state index in [2.05, 4.69) is 25.2 Å². The highest BCUT2D eigenvalue weighted by atomic mass is 16.2. The maximum atomic E-state index is 12.3. The Balaban J connectivity index is 1.30. The molecular formula is C19H22N6O2. The number of hydrogen-bond donors (Lipinski definition) is 2. The van der Waals surface area contributed by atoms with Crippen molar-refractivity contribution in [3.63, 3.8) is 0 Å². The summed E-state index contributed by atoms with van der Waals surface area (Å²) in [5.41, 5.74) is 1.82. The van der Waals surface area contributed by atoms with Gasteiger partial charge in [0.15, 0.2) is 0 Å². The normalized spacial score (nSPS) is 15.9. The molecule has 0 spiro atoms. The SMILES string of the molecule is O=C(NCCN1CCC(n2c(=O)[nH]c3ccccc32)CC1)c1ncccn1. The molecule has 1 fully saturated rings. The lowest BCUT2D eigenvalue weighted by Gasteiger charge is -2.32. The number of benzene rings is 1. The Hall–Kier alpha value is -3.00. The van der Waals surface area contributed by atoms with Crippen molar-refractivity contribution in [2.24, 2.45) is 0 Å². The lowest BCUT2D eigenvalue weighted by molar-refractivity contribution is 0.0934. The van der Waals surface area contributed by atoms with E-state index >= 15 is 0 Å². The zero-order valence-corrected chi connectivity index (χ0v) is 15.0. The summed E-state index contributed by atoms with van der Waals surface area (Å²) in [5, 5.41) is 2.85. The molecule has 2 aromatic heterocycles. The molecule has 0 radical (unpaired) electrons. The minimum absolute atomic E-state index is 0.0372. The molecule has 3 heterocycles. The predicted molar refractivity (Wildman–Crippen MR) is 102 cm³/mol. The van der Waals surface area contributed by atoms with Crippen LogP contribution in [0, 0.1) is 0 Å². The van der Waals surface area contributed by atoms with Gasteiger partial charge in [-0.2, -0.15) is 0 Å². The average molecular weight is 366 g/mol. The molecule has 4 rings (SSSR count). The number of fused-ring (bicyclic) bond motifs is 1. The summed E-state index contributed by atoms with van der Waals surface area (Å²) in [4.78, 5) is 37.4. The highest BCUT2D eigenvalue weighted by Gasteiger charge is 2.23. The predicted octanol–water partition coefficient (Wildman–Crippen LogP) is 1.19. The number of likely N-dealkylation sites (tertiary alicyclic amines) is 1. The van der Waals surface area contributed by atoms with Crippen molar-refractivity contribution < 1.29 is 4.79 Å². The van der Waals surface area contributed by atoms with E-state index in [1.807, 2.05) is 28.8 Å². The van der Waals surface area contributed by atoms with Gasteiger partial charge in [-0.3, -0.25) is 9.36 Å². The van der Waals surface area contributed by atoms with E-state index in [0.29, 0.717) is 6.54 Å². The van der Waals surface area contributed by atoms with E-state index in [1.165, 1.54) is 0 Å². The van der Waals surface area contributed by atoms with E-state index in [0.717, 1.165) is 43.5 Å². The van der Waals surface area contributed by atoms with Gasteiger partial charge in [0.05, 0.1) is 11.0 Å². The highest BCUT2D eigenvalue weighted by molar-refractivity contribution is 5.90. The van der Waals surface area contributed by atoms with Crippen LogP contribution in [0.5, 0.6) is 0 Å². The van der Waals surface area contributed by atoms with Crippen LogP contribution in [0.1, 0.15) is 29.5 Å². The van der Waals surface area contributed by atoms with Gasteiger partial charge in [-0.05, 0) is 31.0 Å². The second kappa shape index (κ2) is 7.71. The molecule has 8 nitrogen and oxygen atoms in total. The van der Waals surface area contributed by atoms with Crippen molar-refractivity contribution in [3.8, 4) is 0 Å². The second-order valence-electron chi connectivity index (χ2n) is 6.72. The number of aromatic nitrogens is 4. The van der Waals surface area contributed by atoms with Crippen molar-refractivity contribution in [1.82, 2.24) is 29.7 Å². The Morgan fingerprint density at radius 3 is 2.67 bits per heavy atom. The fourth-order valence-corrected chi connectivity index (χ4v) is 3.66. The lowest BCUT2D eigenvalue weighted by atomic mass is 10.0. The van der Waals surface area contributed by atoms with Crippen molar-refractivity contribution in [1.29, 1.82) is 0 Å². The zero-order chi connectivity index (χ0) is 18.6. The van der Waals surface area contributed by atoms with Gasteiger partial charge in [0.25, 0.3) is 5.91 Å². The van der Waals surface area contributed by atoms with E-state index in [9.17, 15) is 9.59 Å². The number of rotatable bonds is 5. The summed E-state index contributed by atoms with van der Waals surface area (Å²) in [7, 11) is 0. The molecule has 0 unspecified atom stereocenters. The monoisotopic (exact) mass is 366 g/mol. The fourth-order valence-electron chi connectivity index (χ4n) is 3.66. The Kier molecular flexibility index (Phi) is 4.97. The van der Waals surface area contributed by atoms with Crippen molar-refractivity contribution >= 4 is 16.9 Å². The first-order valence-corrected chi connectivity index (χ1v) is 9.19. The first-order valence-electron chi connectivity index (χ1n) is 9.19. The minimum atomic E-state index is -0.254. The van der Waals surface area contributed by atoms with Crippen molar-refractivity contribution in [2.75, 3.05) is 26.2 Å². The Labute approximate surface area is 156 Å². The number of H-pyrrole nitrogens is 1.